The molecular formula is C16H22ClN3O3. The molecule has 1 aromatic carbocycles. The lowest BCUT2D eigenvalue weighted by atomic mass is 10.3. The van der Waals surface area contributed by atoms with Crippen LogP contribution in [0.5, 0.6) is 5.75 Å². The van der Waals surface area contributed by atoms with E-state index in [4.69, 9.17) is 16.3 Å². The van der Waals surface area contributed by atoms with Gasteiger partial charge in [-0.15, -0.1) is 0 Å². The van der Waals surface area contributed by atoms with Crippen LogP contribution in [-0.4, -0.2) is 62.0 Å². The summed E-state index contributed by atoms with van der Waals surface area (Å²) in [6, 6.07) is 5.02. The van der Waals surface area contributed by atoms with Crippen LogP contribution < -0.4 is 10.1 Å². The third-order valence-corrected chi connectivity index (χ3v) is 3.95. The van der Waals surface area contributed by atoms with Crippen LogP contribution in [0, 0.1) is 0 Å². The molecule has 1 N–H and O–H groups in total. The molecule has 2 rings (SSSR count). The summed E-state index contributed by atoms with van der Waals surface area (Å²) >= 11 is 5.94. The molecule has 126 valence electrons. The molecule has 1 aliphatic heterocycles. The highest BCUT2D eigenvalue weighted by Crippen LogP contribution is 2.27. The lowest BCUT2D eigenvalue weighted by Crippen LogP contribution is -2.40. The van der Waals surface area contributed by atoms with Gasteiger partial charge in [-0.05, 0) is 38.1 Å². The minimum atomic E-state index is -0.220. The maximum atomic E-state index is 12.1. The van der Waals surface area contributed by atoms with Crippen molar-refractivity contribution >= 4 is 29.1 Å². The number of hydrogen-bond donors (Lipinski definition) is 1. The standard InChI is InChI=1S/C16H22ClN3O3/c1-19(11-16(22)20-7-3-4-8-20)10-15(21)18-13-9-12(17)5-6-14(13)23-2/h5-6,9H,3-4,7-8,10-11H2,1-2H3,(H,18,21). The second-order valence-electron chi connectivity index (χ2n) is 5.65. The Morgan fingerprint density at radius 2 is 2.00 bits per heavy atom. The molecule has 2 amide bonds. The fourth-order valence-electron chi connectivity index (χ4n) is 2.57. The van der Waals surface area contributed by atoms with E-state index in [1.165, 1.54) is 7.11 Å². The van der Waals surface area contributed by atoms with Gasteiger partial charge in [0.15, 0.2) is 0 Å². The van der Waals surface area contributed by atoms with Gasteiger partial charge < -0.3 is 15.0 Å². The monoisotopic (exact) mass is 339 g/mol. The molecule has 6 nitrogen and oxygen atoms in total. The molecule has 0 unspecified atom stereocenters. The summed E-state index contributed by atoms with van der Waals surface area (Å²) in [5.41, 5.74) is 0.518. The van der Waals surface area contributed by atoms with Crippen molar-refractivity contribution in [3.8, 4) is 5.75 Å². The molecule has 0 aliphatic carbocycles. The molecule has 1 fully saturated rings. The second kappa shape index (κ2) is 8.17. The van der Waals surface area contributed by atoms with Crippen LogP contribution >= 0.6 is 11.6 Å². The topological polar surface area (TPSA) is 61.9 Å². The summed E-state index contributed by atoms with van der Waals surface area (Å²) in [4.78, 5) is 27.7. The predicted octanol–water partition coefficient (Wildman–Crippen LogP) is 1.84. The van der Waals surface area contributed by atoms with Gasteiger partial charge >= 0.3 is 0 Å². The van der Waals surface area contributed by atoms with Crippen LogP contribution in [0.3, 0.4) is 0 Å². The van der Waals surface area contributed by atoms with Crippen molar-refractivity contribution in [2.45, 2.75) is 12.8 Å². The minimum Gasteiger partial charge on any atom is -0.495 e. The average Bonchev–Trinajstić information content (AvgIpc) is 3.01. The number of halogens is 1. The SMILES string of the molecule is COc1ccc(Cl)cc1NC(=O)CN(C)CC(=O)N1CCCC1. The van der Waals surface area contributed by atoms with Crippen molar-refractivity contribution in [2.24, 2.45) is 0 Å². The van der Waals surface area contributed by atoms with Crippen LogP contribution in [-0.2, 0) is 9.59 Å². The number of methoxy groups -OCH3 is 1. The molecule has 7 heteroatoms. The molecule has 1 heterocycles. The Hall–Kier alpha value is -1.79. The van der Waals surface area contributed by atoms with Crippen molar-refractivity contribution in [3.63, 3.8) is 0 Å². The summed E-state index contributed by atoms with van der Waals surface area (Å²) in [6.45, 7) is 1.99. The quantitative estimate of drug-likeness (QED) is 0.859. The number of likely N-dealkylation sites (N-methyl/N-ethyl adjacent to an activating group) is 1. The minimum absolute atomic E-state index is 0.0677. The number of amides is 2. The number of anilines is 1. The number of carbonyl (C=O) groups is 2. The molecule has 1 saturated heterocycles. The highest BCUT2D eigenvalue weighted by Gasteiger charge is 2.20. The number of hydrogen-bond acceptors (Lipinski definition) is 4. The molecule has 0 aromatic heterocycles. The van der Waals surface area contributed by atoms with Crippen LogP contribution in [0.2, 0.25) is 5.02 Å². The molecule has 1 aromatic rings. The zero-order valence-electron chi connectivity index (χ0n) is 13.5. The number of ether oxygens (including phenoxy) is 1. The molecule has 0 radical (unpaired) electrons. The van der Waals surface area contributed by atoms with Crippen molar-refractivity contribution < 1.29 is 14.3 Å². The van der Waals surface area contributed by atoms with Crippen LogP contribution in [0.25, 0.3) is 0 Å². The molecule has 1 aliphatic rings. The van der Waals surface area contributed by atoms with Crippen molar-refractivity contribution in [1.29, 1.82) is 0 Å². The van der Waals surface area contributed by atoms with Gasteiger partial charge in [-0.1, -0.05) is 11.6 Å². The third-order valence-electron chi connectivity index (χ3n) is 3.71. The van der Waals surface area contributed by atoms with E-state index in [0.717, 1.165) is 25.9 Å². The normalized spacial score (nSPS) is 14.2. The number of nitrogens with one attached hydrogen (secondary N) is 1. The highest BCUT2D eigenvalue weighted by molar-refractivity contribution is 6.31. The molecular weight excluding hydrogens is 318 g/mol. The summed E-state index contributed by atoms with van der Waals surface area (Å²) < 4.78 is 5.19. The van der Waals surface area contributed by atoms with Crippen molar-refractivity contribution in [1.82, 2.24) is 9.80 Å². The van der Waals surface area contributed by atoms with Gasteiger partial charge in [-0.25, -0.2) is 0 Å². The number of likely N-dealkylation sites (tertiary alicyclic amines) is 1. The van der Waals surface area contributed by atoms with Crippen LogP contribution in [0.4, 0.5) is 5.69 Å². The summed E-state index contributed by atoms with van der Waals surface area (Å²) in [5.74, 6) is 0.388. The van der Waals surface area contributed by atoms with Gasteiger partial charge in [0.25, 0.3) is 0 Å². The van der Waals surface area contributed by atoms with Gasteiger partial charge in [-0.2, -0.15) is 0 Å². The number of benzene rings is 1. The fraction of sp³-hybridized carbons (Fsp3) is 0.500. The van der Waals surface area contributed by atoms with Gasteiger partial charge in [0.1, 0.15) is 5.75 Å². The first-order valence-corrected chi connectivity index (χ1v) is 7.97. The Kier molecular flexibility index (Phi) is 6.24. The Bertz CT molecular complexity index is 574. The molecule has 0 spiro atoms. The zero-order valence-corrected chi connectivity index (χ0v) is 14.2. The fourth-order valence-corrected chi connectivity index (χ4v) is 2.74. The molecule has 0 atom stereocenters. The second-order valence-corrected chi connectivity index (χ2v) is 6.09. The predicted molar refractivity (Wildman–Crippen MR) is 89.9 cm³/mol. The van der Waals surface area contributed by atoms with E-state index in [1.54, 1.807) is 30.1 Å². The lowest BCUT2D eigenvalue weighted by molar-refractivity contribution is -0.131. The van der Waals surface area contributed by atoms with Gasteiger partial charge in [0.2, 0.25) is 11.8 Å². The highest BCUT2D eigenvalue weighted by atomic mass is 35.5. The Morgan fingerprint density at radius 3 is 2.65 bits per heavy atom. The third kappa shape index (κ3) is 5.11. The smallest absolute Gasteiger partial charge is 0.238 e. The van der Waals surface area contributed by atoms with Crippen LogP contribution in [0.1, 0.15) is 12.8 Å². The van der Waals surface area contributed by atoms with E-state index in [2.05, 4.69) is 5.32 Å². The number of carbonyl (C=O) groups excluding carboxylic acids is 2. The van der Waals surface area contributed by atoms with Crippen molar-refractivity contribution in [2.75, 3.05) is 45.7 Å². The zero-order chi connectivity index (χ0) is 16.8. The maximum absolute atomic E-state index is 12.1. The van der Waals surface area contributed by atoms with Gasteiger partial charge in [0.05, 0.1) is 25.9 Å². The van der Waals surface area contributed by atoms with Crippen molar-refractivity contribution in [3.05, 3.63) is 23.2 Å². The van der Waals surface area contributed by atoms with E-state index in [9.17, 15) is 9.59 Å². The van der Waals surface area contributed by atoms with E-state index in [0.29, 0.717) is 16.5 Å². The first kappa shape index (κ1) is 17.6. The molecule has 23 heavy (non-hydrogen) atoms. The van der Waals surface area contributed by atoms with E-state index < -0.39 is 0 Å². The Balaban J connectivity index is 1.86. The first-order chi connectivity index (χ1) is 11.0. The van der Waals surface area contributed by atoms with Crippen LogP contribution in [0.15, 0.2) is 18.2 Å². The number of nitrogens with zero attached hydrogens (tertiary/aromatic N) is 2. The Labute approximate surface area is 141 Å². The van der Waals surface area contributed by atoms with E-state index >= 15 is 0 Å². The first-order valence-electron chi connectivity index (χ1n) is 7.59. The summed E-state index contributed by atoms with van der Waals surface area (Å²) in [5, 5.41) is 3.27. The van der Waals surface area contributed by atoms with Gasteiger partial charge in [0, 0.05) is 18.1 Å². The largest absolute Gasteiger partial charge is 0.495 e. The van der Waals surface area contributed by atoms with E-state index in [1.807, 2.05) is 4.90 Å². The average molecular weight is 340 g/mol. The maximum Gasteiger partial charge on any atom is 0.238 e. The Morgan fingerprint density at radius 1 is 1.30 bits per heavy atom. The molecule has 0 bridgehead atoms. The lowest BCUT2D eigenvalue weighted by Gasteiger charge is -2.21. The number of rotatable bonds is 6. The molecule has 0 saturated carbocycles. The van der Waals surface area contributed by atoms with E-state index in [-0.39, 0.29) is 24.9 Å². The summed E-state index contributed by atoms with van der Waals surface area (Å²) in [6.07, 6.45) is 2.12. The summed E-state index contributed by atoms with van der Waals surface area (Å²) in [7, 11) is 3.28. The van der Waals surface area contributed by atoms with Gasteiger partial charge in [-0.3, -0.25) is 14.5 Å².